The second-order valence-corrected chi connectivity index (χ2v) is 16.4. The smallest absolute Gasteiger partial charge is 0.161 e. The summed E-state index contributed by atoms with van der Waals surface area (Å²) >= 11 is 0. The van der Waals surface area contributed by atoms with Gasteiger partial charge in [0.1, 0.15) is 0 Å². The number of aromatic nitrogens is 1. The normalized spacial score (nSPS) is 14.8. The summed E-state index contributed by atoms with van der Waals surface area (Å²) in [5, 5.41) is 8.38. The summed E-state index contributed by atoms with van der Waals surface area (Å²) < 4.78 is 2.47. The molecule has 10 aromatic rings. The van der Waals surface area contributed by atoms with E-state index in [-0.39, 0.29) is 5.92 Å². The molecule has 1 atom stereocenters. The summed E-state index contributed by atoms with van der Waals surface area (Å²) in [5.74, 6) is 1.33. The molecule has 5 nitrogen and oxygen atoms in total. The van der Waals surface area contributed by atoms with E-state index in [9.17, 15) is 0 Å². The van der Waals surface area contributed by atoms with Gasteiger partial charge in [-0.05, 0) is 105 Å². The molecule has 1 aliphatic heterocycles. The lowest BCUT2D eigenvalue weighted by Crippen LogP contribution is -2.18. The fraction of sp³-hybridized carbons (Fsp3) is 0.0517. The molecule has 0 amide bonds. The maximum absolute atomic E-state index is 5.21. The molecule has 1 unspecified atom stereocenters. The van der Waals surface area contributed by atoms with Crippen molar-refractivity contribution >= 4 is 79.1 Å². The lowest BCUT2D eigenvalue weighted by Gasteiger charge is -2.28. The molecule has 63 heavy (non-hydrogen) atoms. The topological polar surface area (TPSA) is 45.2 Å². The predicted octanol–water partition coefficient (Wildman–Crippen LogP) is 14.0. The molecule has 0 spiro atoms. The van der Waals surface area contributed by atoms with Gasteiger partial charge in [-0.3, -0.25) is 4.99 Å². The van der Waals surface area contributed by atoms with Crippen LogP contribution in [0.1, 0.15) is 39.4 Å². The lowest BCUT2D eigenvalue weighted by atomic mass is 9.86. The molecule has 9 aromatic carbocycles. The molecule has 0 bridgehead atoms. The largest absolute Gasteiger partial charge is 0.313 e. The predicted molar refractivity (Wildman–Crippen MR) is 264 cm³/mol. The lowest BCUT2D eigenvalue weighted by molar-refractivity contribution is 0.797. The van der Waals surface area contributed by atoms with E-state index in [0.29, 0.717) is 18.2 Å². The Balaban J connectivity index is 1.01. The van der Waals surface area contributed by atoms with Crippen molar-refractivity contribution in [2.45, 2.75) is 18.9 Å². The fourth-order valence-corrected chi connectivity index (χ4v) is 9.96. The molecular weight excluding hydrogens is 767 g/mol. The molecule has 2 heterocycles. The molecule has 0 saturated carbocycles. The van der Waals surface area contributed by atoms with Crippen LogP contribution in [0.25, 0.3) is 55.0 Å². The highest BCUT2D eigenvalue weighted by Gasteiger charge is 2.39. The molecule has 2 aliphatic rings. The number of rotatable bonds is 6. The Kier molecular flexibility index (Phi) is 8.78. The van der Waals surface area contributed by atoms with Gasteiger partial charge in [0, 0.05) is 44.9 Å². The van der Waals surface area contributed by atoms with Crippen LogP contribution in [0.3, 0.4) is 0 Å². The van der Waals surface area contributed by atoms with Gasteiger partial charge in [-0.1, -0.05) is 158 Å². The zero-order valence-corrected chi connectivity index (χ0v) is 34.6. The number of fused-ring (bicyclic) bond motifs is 9. The van der Waals surface area contributed by atoms with Crippen molar-refractivity contribution in [1.82, 2.24) is 4.57 Å². The number of nitrogens with zero attached hydrogens (tertiary/aromatic N) is 5. The molecule has 1 aromatic heterocycles. The highest BCUT2D eigenvalue weighted by Crippen LogP contribution is 2.54. The van der Waals surface area contributed by atoms with Crippen molar-refractivity contribution in [1.29, 1.82) is 0 Å². The van der Waals surface area contributed by atoms with Crippen molar-refractivity contribution in [3.05, 3.63) is 239 Å². The van der Waals surface area contributed by atoms with Crippen molar-refractivity contribution < 1.29 is 0 Å². The van der Waals surface area contributed by atoms with Crippen LogP contribution in [0.15, 0.2) is 221 Å². The van der Waals surface area contributed by atoms with Gasteiger partial charge in [-0.15, -0.1) is 0 Å². The average Bonchev–Trinajstić information content (AvgIpc) is 3.83. The Hall–Kier alpha value is -8.15. The van der Waals surface area contributed by atoms with Crippen molar-refractivity contribution in [2.24, 2.45) is 15.0 Å². The molecule has 0 radical (unpaired) electrons. The van der Waals surface area contributed by atoms with Crippen molar-refractivity contribution in [3.8, 4) is 5.69 Å². The Bertz CT molecular complexity index is 3540. The second-order valence-electron chi connectivity index (χ2n) is 16.4. The Morgan fingerprint density at radius 1 is 0.556 bits per heavy atom. The summed E-state index contributed by atoms with van der Waals surface area (Å²) in [5.41, 5.74) is 12.9. The van der Waals surface area contributed by atoms with Gasteiger partial charge in [0.2, 0.25) is 0 Å². The van der Waals surface area contributed by atoms with Crippen LogP contribution < -0.4 is 4.90 Å². The number of anilines is 2. The average molecular weight is 808 g/mol. The Morgan fingerprint density at radius 3 is 2.03 bits per heavy atom. The first-order valence-electron chi connectivity index (χ1n) is 21.6. The highest BCUT2D eigenvalue weighted by atomic mass is 15.2. The van der Waals surface area contributed by atoms with Gasteiger partial charge in [-0.2, -0.15) is 0 Å². The molecule has 5 heteroatoms. The summed E-state index contributed by atoms with van der Waals surface area (Å²) in [6.45, 7) is 4.54. The van der Waals surface area contributed by atoms with Gasteiger partial charge in [-0.25, -0.2) is 9.98 Å². The van der Waals surface area contributed by atoms with Crippen molar-refractivity contribution in [2.75, 3.05) is 4.90 Å². The van der Waals surface area contributed by atoms with E-state index in [1.807, 2.05) is 18.2 Å². The van der Waals surface area contributed by atoms with Crippen LogP contribution in [0, 0.1) is 0 Å². The van der Waals surface area contributed by atoms with E-state index >= 15 is 0 Å². The maximum atomic E-state index is 5.21. The number of amidine groups is 2. The third-order valence-corrected chi connectivity index (χ3v) is 12.9. The van der Waals surface area contributed by atoms with E-state index in [1.165, 1.54) is 60.7 Å². The SMILES string of the molecule is C=NC(=NC(=NCc1ccc2ccccc2c1)c1ccccc1)c1cccc2c(N3C4=Cc5c(c6cc7ccccc7cc6n5-c5ccccc5)CC4c4ccccc43)cccc12. The van der Waals surface area contributed by atoms with E-state index in [1.54, 1.807) is 0 Å². The molecule has 298 valence electrons. The van der Waals surface area contributed by atoms with E-state index in [4.69, 9.17) is 9.98 Å². The zero-order chi connectivity index (χ0) is 41.9. The zero-order valence-electron chi connectivity index (χ0n) is 34.6. The second kappa shape index (κ2) is 15.1. The van der Waals surface area contributed by atoms with Gasteiger partial charge in [0.25, 0.3) is 0 Å². The number of allylic oxidation sites excluding steroid dienone is 1. The number of aliphatic imine (C=N–C) groups is 3. The Labute approximate surface area is 366 Å². The van der Waals surface area contributed by atoms with Gasteiger partial charge in [0.05, 0.1) is 23.4 Å². The van der Waals surface area contributed by atoms with Gasteiger partial charge >= 0.3 is 0 Å². The highest BCUT2D eigenvalue weighted by molar-refractivity contribution is 6.19. The number of para-hydroxylation sites is 2. The van der Waals surface area contributed by atoms with Gasteiger partial charge in [0.15, 0.2) is 11.7 Å². The third kappa shape index (κ3) is 6.20. The molecule has 0 N–H and O–H groups in total. The minimum Gasteiger partial charge on any atom is -0.313 e. The van der Waals surface area contributed by atoms with Crippen LogP contribution in [0.4, 0.5) is 11.4 Å². The first-order valence-corrected chi connectivity index (χ1v) is 21.6. The van der Waals surface area contributed by atoms with Crippen LogP contribution in [-0.2, 0) is 13.0 Å². The van der Waals surface area contributed by atoms with E-state index < -0.39 is 0 Å². The quantitative estimate of drug-likeness (QED) is 0.122. The monoisotopic (exact) mass is 807 g/mol. The van der Waals surface area contributed by atoms with Crippen LogP contribution in [0.2, 0.25) is 0 Å². The molecule has 12 rings (SSSR count). The number of benzene rings is 9. The van der Waals surface area contributed by atoms with Crippen molar-refractivity contribution in [3.63, 3.8) is 0 Å². The van der Waals surface area contributed by atoms with Crippen LogP contribution in [0.5, 0.6) is 0 Å². The maximum Gasteiger partial charge on any atom is 0.161 e. The summed E-state index contributed by atoms with van der Waals surface area (Å²) in [7, 11) is 0. The number of hydrogen-bond donors (Lipinski definition) is 0. The van der Waals surface area contributed by atoms with Gasteiger partial charge < -0.3 is 9.47 Å². The molecule has 1 aliphatic carbocycles. The van der Waals surface area contributed by atoms with E-state index in [0.717, 1.165) is 45.3 Å². The fourth-order valence-electron chi connectivity index (χ4n) is 9.96. The molecular formula is C58H41N5. The number of hydrogen-bond acceptors (Lipinski definition) is 2. The van der Waals surface area contributed by atoms with Crippen LogP contribution in [-0.4, -0.2) is 23.0 Å². The minimum absolute atomic E-state index is 0.188. The molecule has 0 fully saturated rings. The summed E-state index contributed by atoms with van der Waals surface area (Å²) in [4.78, 5) is 17.4. The Morgan fingerprint density at radius 2 is 1.22 bits per heavy atom. The van der Waals surface area contributed by atoms with Crippen LogP contribution >= 0.6 is 0 Å². The minimum atomic E-state index is 0.188. The first kappa shape index (κ1) is 36.7. The molecule has 0 saturated heterocycles. The first-order chi connectivity index (χ1) is 31.2. The summed E-state index contributed by atoms with van der Waals surface area (Å²) in [6, 6.07) is 71.3. The van der Waals surface area contributed by atoms with E-state index in [2.05, 4.69) is 209 Å². The standard InChI is InChI=1S/C58H41N5/c1-59-58(61-57(40-17-4-2-5-18-40)60-37-38-30-31-39-16-8-9-19-41(39)32-38)48-27-14-26-46-45(48)25-15-29-53(46)63-52-28-13-12-24-47(52)50-35-51-49-33-42-20-10-11-21-43(42)34-54(49)62(55(51)36-56(50)63)44-22-6-3-7-23-44/h2-34,36,50H,1,35,37H2. The third-order valence-electron chi connectivity index (χ3n) is 12.9. The summed E-state index contributed by atoms with van der Waals surface area (Å²) in [6.07, 6.45) is 3.36.